The summed E-state index contributed by atoms with van der Waals surface area (Å²) >= 11 is 0. The van der Waals surface area contributed by atoms with Crippen LogP contribution in [-0.2, 0) is 38.0 Å². The second-order valence-corrected chi connectivity index (χ2v) is 5.74. The summed E-state index contributed by atoms with van der Waals surface area (Å²) in [6, 6.07) is 0. The Morgan fingerprint density at radius 1 is 0.519 bits per heavy atom. The van der Waals surface area contributed by atoms with Crippen molar-refractivity contribution in [3.8, 4) is 0 Å². The third-order valence-corrected chi connectivity index (χ3v) is 3.25. The van der Waals surface area contributed by atoms with Crippen LogP contribution < -0.4 is 0 Å². The molecule has 0 heterocycles. The van der Waals surface area contributed by atoms with Gasteiger partial charge in [-0.05, 0) is 12.8 Å². The fraction of sp³-hybridized carbons (Fsp3) is 0.895. The summed E-state index contributed by atoms with van der Waals surface area (Å²) in [4.78, 5) is 23.0. The normalized spacial score (nSPS) is 10.7. The van der Waals surface area contributed by atoms with Gasteiger partial charge in [0.2, 0.25) is 0 Å². The van der Waals surface area contributed by atoms with Gasteiger partial charge in [0.05, 0.1) is 52.5 Å². The topological polar surface area (TPSA) is 89.5 Å². The van der Waals surface area contributed by atoms with Crippen molar-refractivity contribution < 1.29 is 38.0 Å². The number of rotatable bonds is 20. The number of hydrogen-bond donors (Lipinski definition) is 0. The summed E-state index contributed by atoms with van der Waals surface area (Å²) in [6.07, 6.45) is 3.10. The fourth-order valence-corrected chi connectivity index (χ4v) is 1.81. The number of ether oxygens (including phenoxy) is 6. The van der Waals surface area contributed by atoms with Crippen molar-refractivity contribution >= 4 is 11.9 Å². The molecule has 0 aromatic heterocycles. The van der Waals surface area contributed by atoms with Crippen LogP contribution in [0.3, 0.4) is 0 Å². The highest BCUT2D eigenvalue weighted by atomic mass is 16.6. The van der Waals surface area contributed by atoms with Crippen molar-refractivity contribution in [1.82, 2.24) is 0 Å². The Hall–Kier alpha value is -1.22. The molecular weight excluding hydrogens is 356 g/mol. The van der Waals surface area contributed by atoms with Crippen LogP contribution in [0.25, 0.3) is 0 Å². The molecule has 27 heavy (non-hydrogen) atoms. The minimum atomic E-state index is -0.446. The largest absolute Gasteiger partial charge is 0.463 e. The first-order valence-electron chi connectivity index (χ1n) is 9.82. The van der Waals surface area contributed by atoms with E-state index in [-0.39, 0.29) is 26.1 Å². The summed E-state index contributed by atoms with van der Waals surface area (Å²) in [5, 5.41) is 0. The third-order valence-electron chi connectivity index (χ3n) is 3.25. The van der Waals surface area contributed by atoms with E-state index in [1.165, 1.54) is 0 Å². The molecule has 0 aliphatic carbocycles. The Kier molecular flexibility index (Phi) is 20.1. The van der Waals surface area contributed by atoms with Gasteiger partial charge in [-0.3, -0.25) is 9.59 Å². The minimum Gasteiger partial charge on any atom is -0.463 e. The average Bonchev–Trinajstić information content (AvgIpc) is 2.67. The van der Waals surface area contributed by atoms with Gasteiger partial charge in [0, 0.05) is 13.2 Å². The standard InChI is InChI=1S/C19H36O8/c1-3-5-9-23-11-13-25-15-17-27-19(21)7-6-18(20)26-16-14-24-12-10-22-8-4-2/h3-17H2,1-2H3. The first kappa shape index (κ1) is 25.8. The van der Waals surface area contributed by atoms with Gasteiger partial charge < -0.3 is 28.4 Å². The maximum atomic E-state index is 11.5. The molecule has 0 aromatic carbocycles. The van der Waals surface area contributed by atoms with E-state index < -0.39 is 11.9 Å². The van der Waals surface area contributed by atoms with Gasteiger partial charge in [-0.1, -0.05) is 20.3 Å². The van der Waals surface area contributed by atoms with E-state index in [4.69, 9.17) is 28.4 Å². The monoisotopic (exact) mass is 392 g/mol. The lowest BCUT2D eigenvalue weighted by molar-refractivity contribution is -0.152. The molecule has 160 valence electrons. The number of esters is 2. The Morgan fingerprint density at radius 3 is 1.37 bits per heavy atom. The fourth-order valence-electron chi connectivity index (χ4n) is 1.81. The van der Waals surface area contributed by atoms with Crippen molar-refractivity contribution in [2.24, 2.45) is 0 Å². The highest BCUT2D eigenvalue weighted by molar-refractivity contribution is 5.77. The summed E-state index contributed by atoms with van der Waals surface area (Å²) < 4.78 is 31.1. The van der Waals surface area contributed by atoms with E-state index in [0.717, 1.165) is 25.9 Å². The highest BCUT2D eigenvalue weighted by Gasteiger charge is 2.09. The highest BCUT2D eigenvalue weighted by Crippen LogP contribution is 1.96. The van der Waals surface area contributed by atoms with Crippen LogP contribution in [0.4, 0.5) is 0 Å². The first-order chi connectivity index (χ1) is 13.2. The van der Waals surface area contributed by atoms with Crippen molar-refractivity contribution in [2.45, 2.75) is 46.0 Å². The molecule has 0 aliphatic rings. The average molecular weight is 392 g/mol. The zero-order chi connectivity index (χ0) is 20.0. The third kappa shape index (κ3) is 20.9. The van der Waals surface area contributed by atoms with Crippen LogP contribution in [0.1, 0.15) is 46.0 Å². The SMILES string of the molecule is CCCCOCCOCCOC(=O)CCC(=O)OCCOCCOCCC. The predicted molar refractivity (Wildman–Crippen MR) is 99.6 cm³/mol. The maximum absolute atomic E-state index is 11.5. The van der Waals surface area contributed by atoms with Crippen LogP contribution in [0.5, 0.6) is 0 Å². The van der Waals surface area contributed by atoms with Gasteiger partial charge in [0.25, 0.3) is 0 Å². The van der Waals surface area contributed by atoms with Crippen LogP contribution in [0.2, 0.25) is 0 Å². The molecule has 0 rings (SSSR count). The number of unbranched alkanes of at least 4 members (excludes halogenated alkanes) is 1. The summed E-state index contributed by atoms with van der Waals surface area (Å²) in [6.45, 7) is 8.56. The molecule has 8 nitrogen and oxygen atoms in total. The first-order valence-corrected chi connectivity index (χ1v) is 9.82. The van der Waals surface area contributed by atoms with E-state index >= 15 is 0 Å². The smallest absolute Gasteiger partial charge is 0.306 e. The Labute approximate surface area is 162 Å². The van der Waals surface area contributed by atoms with Crippen LogP contribution in [0.15, 0.2) is 0 Å². The second kappa shape index (κ2) is 21.1. The number of hydrogen-bond acceptors (Lipinski definition) is 8. The molecule has 0 aromatic rings. The maximum Gasteiger partial charge on any atom is 0.306 e. The summed E-state index contributed by atoms with van der Waals surface area (Å²) in [7, 11) is 0. The minimum absolute atomic E-state index is 0.00925. The van der Waals surface area contributed by atoms with E-state index in [9.17, 15) is 9.59 Å². The lowest BCUT2D eigenvalue weighted by Crippen LogP contribution is -2.16. The number of carbonyl (C=O) groups is 2. The van der Waals surface area contributed by atoms with Crippen molar-refractivity contribution in [2.75, 3.05) is 66.1 Å². The van der Waals surface area contributed by atoms with Gasteiger partial charge in [0.15, 0.2) is 0 Å². The van der Waals surface area contributed by atoms with Crippen LogP contribution in [0, 0.1) is 0 Å². The molecule has 8 heteroatoms. The van der Waals surface area contributed by atoms with Gasteiger partial charge >= 0.3 is 11.9 Å². The molecule has 0 saturated heterocycles. The molecule has 0 aliphatic heterocycles. The molecule has 0 amide bonds. The molecule has 0 N–H and O–H groups in total. The van der Waals surface area contributed by atoms with Crippen molar-refractivity contribution in [3.05, 3.63) is 0 Å². The summed E-state index contributed by atoms with van der Waals surface area (Å²) in [5.41, 5.74) is 0. The zero-order valence-corrected chi connectivity index (χ0v) is 16.9. The van der Waals surface area contributed by atoms with E-state index in [1.54, 1.807) is 0 Å². The second-order valence-electron chi connectivity index (χ2n) is 5.74. The van der Waals surface area contributed by atoms with Gasteiger partial charge in [-0.25, -0.2) is 0 Å². The van der Waals surface area contributed by atoms with E-state index in [2.05, 4.69) is 6.92 Å². The summed E-state index contributed by atoms with van der Waals surface area (Å²) in [5.74, 6) is -0.891. The van der Waals surface area contributed by atoms with Crippen LogP contribution in [-0.4, -0.2) is 78.0 Å². The molecule has 0 saturated carbocycles. The van der Waals surface area contributed by atoms with Crippen molar-refractivity contribution in [1.29, 1.82) is 0 Å². The molecule has 0 fully saturated rings. The van der Waals surface area contributed by atoms with Crippen molar-refractivity contribution in [3.63, 3.8) is 0 Å². The van der Waals surface area contributed by atoms with E-state index in [1.807, 2.05) is 6.92 Å². The molecule has 0 unspecified atom stereocenters. The Morgan fingerprint density at radius 2 is 0.926 bits per heavy atom. The quantitative estimate of drug-likeness (QED) is 0.230. The molecule has 0 atom stereocenters. The lowest BCUT2D eigenvalue weighted by Gasteiger charge is -2.08. The van der Waals surface area contributed by atoms with Gasteiger partial charge in [0.1, 0.15) is 13.2 Å². The predicted octanol–water partition coefficient (Wildman–Crippen LogP) is 2.13. The van der Waals surface area contributed by atoms with Gasteiger partial charge in [-0.2, -0.15) is 0 Å². The molecule has 0 radical (unpaired) electrons. The lowest BCUT2D eigenvalue weighted by atomic mass is 10.3. The van der Waals surface area contributed by atoms with E-state index in [0.29, 0.717) is 46.2 Å². The van der Waals surface area contributed by atoms with Gasteiger partial charge in [-0.15, -0.1) is 0 Å². The molecule has 0 spiro atoms. The molecular formula is C19H36O8. The Bertz CT molecular complexity index is 349. The molecule has 0 bridgehead atoms. The zero-order valence-electron chi connectivity index (χ0n) is 16.9. The Balaban J connectivity index is 3.32. The van der Waals surface area contributed by atoms with Crippen LogP contribution >= 0.6 is 0 Å². The number of carbonyl (C=O) groups excluding carboxylic acids is 2.